The van der Waals surface area contributed by atoms with Crippen molar-refractivity contribution in [3.63, 3.8) is 0 Å². The van der Waals surface area contributed by atoms with Gasteiger partial charge in [-0.25, -0.2) is 4.79 Å². The number of methoxy groups -OCH3 is 1. The lowest BCUT2D eigenvalue weighted by molar-refractivity contribution is -0.142. The molecule has 0 aliphatic rings. The van der Waals surface area contributed by atoms with Gasteiger partial charge in [0.15, 0.2) is 6.61 Å². The molecule has 1 aromatic heterocycles. The summed E-state index contributed by atoms with van der Waals surface area (Å²) in [5.41, 5.74) is 2.73. The summed E-state index contributed by atoms with van der Waals surface area (Å²) in [6.45, 7) is 0.151. The summed E-state index contributed by atoms with van der Waals surface area (Å²) in [4.78, 5) is 27.0. The molecule has 0 unspecified atom stereocenters. The molecule has 32 heavy (non-hydrogen) atoms. The number of fused-ring (bicyclic) bond motifs is 1. The Hall–Kier alpha value is -3.09. The minimum Gasteiger partial charge on any atom is -0.480 e. The predicted molar refractivity (Wildman–Crippen MR) is 128 cm³/mol. The largest absolute Gasteiger partial charge is 0.480 e. The Morgan fingerprint density at radius 3 is 2.62 bits per heavy atom. The second kappa shape index (κ2) is 11.0. The van der Waals surface area contributed by atoms with Gasteiger partial charge in [0, 0.05) is 23.6 Å². The number of benzene rings is 2. The minimum absolute atomic E-state index is 0.0223. The Kier molecular flexibility index (Phi) is 8.09. The summed E-state index contributed by atoms with van der Waals surface area (Å²) in [7, 11) is 1.28. The van der Waals surface area contributed by atoms with Crippen molar-refractivity contribution in [2.45, 2.75) is 6.42 Å². The molecule has 1 heterocycles. The zero-order chi connectivity index (χ0) is 23.1. The molecule has 3 rings (SSSR count). The van der Waals surface area contributed by atoms with E-state index in [1.807, 2.05) is 36.5 Å². The Bertz CT molecular complexity index is 1200. The average Bonchev–Trinajstić information content (AvgIpc) is 3.19. The highest BCUT2D eigenvalue weighted by Crippen LogP contribution is 2.35. The number of amides is 1. The number of carbonyl (C=O) groups excluding carboxylic acids is 2. The molecular weight excluding hydrogens is 542 g/mol. The van der Waals surface area contributed by atoms with Crippen molar-refractivity contribution in [3.8, 4) is 11.8 Å². The first-order valence-electron chi connectivity index (χ1n) is 9.56. The summed E-state index contributed by atoms with van der Waals surface area (Å²) < 4.78 is 11.1. The van der Waals surface area contributed by atoms with Crippen LogP contribution in [0.25, 0.3) is 17.0 Å². The molecule has 0 saturated heterocycles. The molecule has 7 nitrogen and oxygen atoms in total. The molecule has 0 fully saturated rings. The number of aromatic nitrogens is 1. The van der Waals surface area contributed by atoms with E-state index in [1.54, 1.807) is 12.1 Å². The van der Waals surface area contributed by atoms with Crippen LogP contribution in [-0.2, 0) is 20.7 Å². The van der Waals surface area contributed by atoms with Crippen LogP contribution in [0.3, 0.4) is 0 Å². The van der Waals surface area contributed by atoms with Crippen LogP contribution in [0.15, 0.2) is 57.1 Å². The highest BCUT2D eigenvalue weighted by molar-refractivity contribution is 9.11. The highest BCUT2D eigenvalue weighted by Gasteiger charge is 2.14. The number of rotatable bonds is 8. The van der Waals surface area contributed by atoms with Gasteiger partial charge in [-0.3, -0.25) is 4.79 Å². The van der Waals surface area contributed by atoms with Gasteiger partial charge in [0.25, 0.3) is 5.91 Å². The van der Waals surface area contributed by atoms with E-state index in [0.29, 0.717) is 33.2 Å². The van der Waals surface area contributed by atoms with Crippen LogP contribution in [0.4, 0.5) is 0 Å². The lowest BCUT2D eigenvalue weighted by Crippen LogP contribution is -2.26. The smallest absolute Gasteiger partial charge is 0.343 e. The van der Waals surface area contributed by atoms with E-state index in [4.69, 9.17) is 4.74 Å². The number of hydrogen-bond donors (Lipinski definition) is 2. The van der Waals surface area contributed by atoms with Crippen LogP contribution in [0.2, 0.25) is 0 Å². The lowest BCUT2D eigenvalue weighted by atomic mass is 10.1. The Morgan fingerprint density at radius 1 is 1.22 bits per heavy atom. The van der Waals surface area contributed by atoms with Gasteiger partial charge in [0.05, 0.1) is 16.1 Å². The van der Waals surface area contributed by atoms with Gasteiger partial charge >= 0.3 is 5.97 Å². The molecule has 0 saturated carbocycles. The lowest BCUT2D eigenvalue weighted by Gasteiger charge is -2.10. The molecule has 0 radical (unpaired) electrons. The topological polar surface area (TPSA) is 104 Å². The minimum atomic E-state index is -0.510. The van der Waals surface area contributed by atoms with Gasteiger partial charge in [0.2, 0.25) is 0 Å². The normalized spacial score (nSPS) is 11.1. The number of carbonyl (C=O) groups is 2. The molecule has 2 N–H and O–H groups in total. The van der Waals surface area contributed by atoms with Crippen LogP contribution in [0.5, 0.6) is 5.75 Å². The van der Waals surface area contributed by atoms with Gasteiger partial charge in [-0.15, -0.1) is 0 Å². The first kappa shape index (κ1) is 23.6. The second-order valence-electron chi connectivity index (χ2n) is 6.71. The number of hydrogen-bond acceptors (Lipinski definition) is 5. The summed E-state index contributed by atoms with van der Waals surface area (Å²) in [6, 6.07) is 13.3. The van der Waals surface area contributed by atoms with E-state index in [1.165, 1.54) is 13.2 Å². The molecule has 0 atom stereocenters. The zero-order valence-corrected chi connectivity index (χ0v) is 20.2. The van der Waals surface area contributed by atoms with E-state index in [2.05, 4.69) is 46.9 Å². The molecule has 0 bridgehead atoms. The van der Waals surface area contributed by atoms with Crippen molar-refractivity contribution in [3.05, 3.63) is 68.2 Å². The number of nitriles is 1. The van der Waals surface area contributed by atoms with Gasteiger partial charge in [-0.2, -0.15) is 5.26 Å². The predicted octanol–water partition coefficient (Wildman–Crippen LogP) is 4.51. The number of aromatic amines is 1. The van der Waals surface area contributed by atoms with Gasteiger partial charge in [-0.05, 0) is 73.7 Å². The number of nitrogens with zero attached hydrogens (tertiary/aromatic N) is 1. The molecule has 2 aromatic carbocycles. The third-order valence-electron chi connectivity index (χ3n) is 4.61. The fourth-order valence-electron chi connectivity index (χ4n) is 3.05. The number of H-pyrrole nitrogens is 1. The molecule has 164 valence electrons. The van der Waals surface area contributed by atoms with Crippen molar-refractivity contribution in [1.82, 2.24) is 10.3 Å². The van der Waals surface area contributed by atoms with E-state index in [9.17, 15) is 14.9 Å². The maximum absolute atomic E-state index is 12.5. The summed E-state index contributed by atoms with van der Waals surface area (Å²) in [5, 5.41) is 13.4. The van der Waals surface area contributed by atoms with E-state index >= 15 is 0 Å². The number of esters is 1. The Balaban J connectivity index is 1.66. The van der Waals surface area contributed by atoms with E-state index in [0.717, 1.165) is 16.5 Å². The fourth-order valence-corrected chi connectivity index (χ4v) is 4.50. The van der Waals surface area contributed by atoms with Gasteiger partial charge in [0.1, 0.15) is 17.4 Å². The number of ether oxygens (including phenoxy) is 2. The van der Waals surface area contributed by atoms with Crippen molar-refractivity contribution >= 4 is 60.7 Å². The summed E-state index contributed by atoms with van der Waals surface area (Å²) in [5.74, 6) is -0.552. The molecule has 1 amide bonds. The van der Waals surface area contributed by atoms with E-state index in [-0.39, 0.29) is 12.2 Å². The van der Waals surface area contributed by atoms with Crippen molar-refractivity contribution in [2.75, 3.05) is 20.3 Å². The van der Waals surface area contributed by atoms with Crippen molar-refractivity contribution in [2.24, 2.45) is 0 Å². The third kappa shape index (κ3) is 5.78. The highest BCUT2D eigenvalue weighted by atomic mass is 79.9. The Morgan fingerprint density at radius 2 is 1.94 bits per heavy atom. The van der Waals surface area contributed by atoms with Gasteiger partial charge < -0.3 is 19.8 Å². The van der Waals surface area contributed by atoms with Crippen LogP contribution in [-0.4, -0.2) is 37.1 Å². The second-order valence-corrected chi connectivity index (χ2v) is 8.42. The van der Waals surface area contributed by atoms with Crippen molar-refractivity contribution < 1.29 is 19.1 Å². The number of nitrogens with one attached hydrogen (secondary N) is 2. The average molecular weight is 561 g/mol. The zero-order valence-electron chi connectivity index (χ0n) is 17.1. The van der Waals surface area contributed by atoms with Crippen LogP contribution in [0.1, 0.15) is 11.1 Å². The number of halogens is 2. The molecule has 0 spiro atoms. The van der Waals surface area contributed by atoms with Gasteiger partial charge in [-0.1, -0.05) is 18.2 Å². The first-order valence-corrected chi connectivity index (χ1v) is 11.1. The van der Waals surface area contributed by atoms with E-state index < -0.39 is 11.9 Å². The molecule has 3 aromatic rings. The summed E-state index contributed by atoms with van der Waals surface area (Å²) in [6.07, 6.45) is 4.05. The monoisotopic (exact) mass is 559 g/mol. The Labute approximate surface area is 201 Å². The maximum Gasteiger partial charge on any atom is 0.343 e. The quantitative estimate of drug-likeness (QED) is 0.240. The summed E-state index contributed by atoms with van der Waals surface area (Å²) >= 11 is 6.76. The first-order chi connectivity index (χ1) is 15.4. The molecule has 9 heteroatoms. The molecule has 0 aliphatic carbocycles. The maximum atomic E-state index is 12.5. The standard InChI is InChI=1S/C23H19Br2N3O4/c1-31-21(29)13-32-22-18(24)9-14(10-19(22)25)8-16(11-26)23(30)27-7-6-15-12-28-20-5-3-2-4-17(15)20/h2-5,8-10,12,28H,6-7,13H2,1H3,(H,27,30)/b16-8-. The van der Waals surface area contributed by atoms with Crippen LogP contribution in [0, 0.1) is 11.3 Å². The number of para-hydroxylation sites is 1. The molecule has 0 aliphatic heterocycles. The molecular formula is C23H19Br2N3O4. The van der Waals surface area contributed by atoms with Crippen LogP contribution >= 0.6 is 31.9 Å². The van der Waals surface area contributed by atoms with Crippen molar-refractivity contribution in [1.29, 1.82) is 5.26 Å². The van der Waals surface area contributed by atoms with Crippen LogP contribution < -0.4 is 10.1 Å². The SMILES string of the molecule is COC(=O)COc1c(Br)cc(/C=C(/C#N)C(=O)NCCc2c[nH]c3ccccc23)cc1Br. The third-order valence-corrected chi connectivity index (χ3v) is 5.79. The fraction of sp³-hybridized carbons (Fsp3) is 0.174.